The summed E-state index contributed by atoms with van der Waals surface area (Å²) >= 11 is 1.70. The molecule has 4 heteroatoms. The Morgan fingerprint density at radius 2 is 1.91 bits per heavy atom. The lowest BCUT2D eigenvalue weighted by atomic mass is 9.93. The number of aromatic nitrogens is 1. The molecule has 3 rings (SSSR count). The SMILES string of the molecule is COC(=O)c1cc2cccnc2c(-c2ccc(SC)cc2)c1C. The quantitative estimate of drug-likeness (QED) is 0.516. The second kappa shape index (κ2) is 6.42. The van der Waals surface area contributed by atoms with Gasteiger partial charge in [0.2, 0.25) is 0 Å². The minimum Gasteiger partial charge on any atom is -0.465 e. The van der Waals surface area contributed by atoms with Crippen LogP contribution in [0.2, 0.25) is 0 Å². The number of nitrogens with zero attached hydrogens (tertiary/aromatic N) is 1. The first-order valence-corrected chi connectivity index (χ1v) is 8.49. The Bertz CT molecular complexity index is 872. The maximum Gasteiger partial charge on any atom is 0.338 e. The highest BCUT2D eigenvalue weighted by molar-refractivity contribution is 7.98. The van der Waals surface area contributed by atoms with Crippen LogP contribution in [0.5, 0.6) is 0 Å². The van der Waals surface area contributed by atoms with Crippen molar-refractivity contribution < 1.29 is 9.53 Å². The smallest absolute Gasteiger partial charge is 0.338 e. The third-order valence-electron chi connectivity index (χ3n) is 3.94. The molecule has 0 N–H and O–H groups in total. The standard InChI is InChI=1S/C19H17NO2S/c1-12-16(19(21)22-2)11-14-5-4-10-20-18(14)17(12)13-6-8-15(23-3)9-7-13/h4-11H,1-3H3. The second-order valence-corrected chi connectivity index (χ2v) is 6.10. The maximum absolute atomic E-state index is 12.1. The first-order chi connectivity index (χ1) is 11.2. The summed E-state index contributed by atoms with van der Waals surface area (Å²) in [5.74, 6) is -0.324. The van der Waals surface area contributed by atoms with Crippen molar-refractivity contribution in [2.75, 3.05) is 13.4 Å². The van der Waals surface area contributed by atoms with E-state index in [0.29, 0.717) is 5.56 Å². The monoisotopic (exact) mass is 323 g/mol. The number of carbonyl (C=O) groups is 1. The van der Waals surface area contributed by atoms with E-state index in [1.165, 1.54) is 12.0 Å². The van der Waals surface area contributed by atoms with Gasteiger partial charge >= 0.3 is 5.97 Å². The minimum atomic E-state index is -0.324. The topological polar surface area (TPSA) is 39.2 Å². The molecule has 0 aliphatic rings. The number of fused-ring (bicyclic) bond motifs is 1. The van der Waals surface area contributed by atoms with E-state index in [9.17, 15) is 4.79 Å². The summed E-state index contributed by atoms with van der Waals surface area (Å²) < 4.78 is 4.93. The van der Waals surface area contributed by atoms with E-state index in [4.69, 9.17) is 4.74 Å². The van der Waals surface area contributed by atoms with Crippen molar-refractivity contribution in [1.82, 2.24) is 4.98 Å². The van der Waals surface area contributed by atoms with Gasteiger partial charge in [-0.3, -0.25) is 4.98 Å². The van der Waals surface area contributed by atoms with Crippen LogP contribution in [-0.2, 0) is 4.74 Å². The van der Waals surface area contributed by atoms with E-state index >= 15 is 0 Å². The molecule has 0 aliphatic heterocycles. The van der Waals surface area contributed by atoms with Crippen molar-refractivity contribution in [2.24, 2.45) is 0 Å². The van der Waals surface area contributed by atoms with Crippen LogP contribution < -0.4 is 0 Å². The summed E-state index contributed by atoms with van der Waals surface area (Å²) in [7, 11) is 1.40. The highest BCUT2D eigenvalue weighted by atomic mass is 32.2. The van der Waals surface area contributed by atoms with Crippen LogP contribution in [0.25, 0.3) is 22.0 Å². The highest BCUT2D eigenvalue weighted by Crippen LogP contribution is 2.34. The van der Waals surface area contributed by atoms with Gasteiger partial charge in [-0.1, -0.05) is 18.2 Å². The van der Waals surface area contributed by atoms with Gasteiger partial charge in [0.1, 0.15) is 0 Å². The fraction of sp³-hybridized carbons (Fsp3) is 0.158. The predicted octanol–water partition coefficient (Wildman–Crippen LogP) is 4.72. The molecular formula is C19H17NO2S. The van der Waals surface area contributed by atoms with Crippen molar-refractivity contribution in [3.8, 4) is 11.1 Å². The van der Waals surface area contributed by atoms with Gasteiger partial charge < -0.3 is 4.74 Å². The molecule has 0 atom stereocenters. The number of esters is 1. The molecule has 0 radical (unpaired) electrons. The molecule has 2 aromatic carbocycles. The van der Waals surface area contributed by atoms with Crippen LogP contribution in [0, 0.1) is 6.92 Å². The molecule has 3 nitrogen and oxygen atoms in total. The lowest BCUT2D eigenvalue weighted by Gasteiger charge is -2.14. The zero-order valence-electron chi connectivity index (χ0n) is 13.3. The molecule has 0 saturated carbocycles. The first kappa shape index (κ1) is 15.6. The molecule has 0 aliphatic carbocycles. The molecule has 0 amide bonds. The fourth-order valence-electron chi connectivity index (χ4n) is 2.75. The number of carbonyl (C=O) groups excluding carboxylic acids is 1. The van der Waals surface area contributed by atoms with Gasteiger partial charge in [-0.05, 0) is 48.6 Å². The molecular weight excluding hydrogens is 306 g/mol. The number of pyridine rings is 1. The summed E-state index contributed by atoms with van der Waals surface area (Å²) in [6.07, 6.45) is 3.83. The zero-order chi connectivity index (χ0) is 16.4. The highest BCUT2D eigenvalue weighted by Gasteiger charge is 2.17. The van der Waals surface area contributed by atoms with Gasteiger partial charge in [0.25, 0.3) is 0 Å². The normalized spacial score (nSPS) is 10.7. The molecule has 3 aromatic rings. The van der Waals surface area contributed by atoms with E-state index in [1.54, 1.807) is 18.0 Å². The number of thioether (sulfide) groups is 1. The van der Waals surface area contributed by atoms with Gasteiger partial charge in [-0.2, -0.15) is 0 Å². The Morgan fingerprint density at radius 1 is 1.17 bits per heavy atom. The molecule has 0 bridgehead atoms. The van der Waals surface area contributed by atoms with Gasteiger partial charge in [0.05, 0.1) is 18.2 Å². The second-order valence-electron chi connectivity index (χ2n) is 5.22. The number of rotatable bonds is 3. The summed E-state index contributed by atoms with van der Waals surface area (Å²) in [6.45, 7) is 1.94. The van der Waals surface area contributed by atoms with Gasteiger partial charge in [-0.15, -0.1) is 11.8 Å². The van der Waals surface area contributed by atoms with Crippen LogP contribution in [0.1, 0.15) is 15.9 Å². The van der Waals surface area contributed by atoms with Gasteiger partial charge in [-0.25, -0.2) is 4.79 Å². The van der Waals surface area contributed by atoms with Crippen molar-refractivity contribution in [3.63, 3.8) is 0 Å². The van der Waals surface area contributed by atoms with Crippen LogP contribution >= 0.6 is 11.8 Å². The lowest BCUT2D eigenvalue weighted by molar-refractivity contribution is 0.0600. The van der Waals surface area contributed by atoms with Gasteiger partial charge in [0, 0.05) is 22.0 Å². The summed E-state index contributed by atoms with van der Waals surface area (Å²) in [5, 5.41) is 0.933. The molecule has 23 heavy (non-hydrogen) atoms. The summed E-state index contributed by atoms with van der Waals surface area (Å²) in [6, 6.07) is 14.0. The molecule has 116 valence electrons. The first-order valence-electron chi connectivity index (χ1n) is 7.26. The number of hydrogen-bond acceptors (Lipinski definition) is 4. The molecule has 1 aromatic heterocycles. The summed E-state index contributed by atoms with van der Waals surface area (Å²) in [4.78, 5) is 17.8. The zero-order valence-corrected chi connectivity index (χ0v) is 14.1. The van der Waals surface area contributed by atoms with E-state index in [-0.39, 0.29) is 5.97 Å². The fourth-order valence-corrected chi connectivity index (χ4v) is 3.16. The van der Waals surface area contributed by atoms with Crippen LogP contribution in [0.3, 0.4) is 0 Å². The Labute approximate surface area is 139 Å². The van der Waals surface area contributed by atoms with Gasteiger partial charge in [0.15, 0.2) is 0 Å². The number of methoxy groups -OCH3 is 1. The Kier molecular flexibility index (Phi) is 4.35. The van der Waals surface area contributed by atoms with Crippen LogP contribution in [0.15, 0.2) is 53.6 Å². The Morgan fingerprint density at radius 3 is 2.57 bits per heavy atom. The number of benzene rings is 2. The molecule has 1 heterocycles. The van der Waals surface area contributed by atoms with E-state index in [1.807, 2.05) is 25.1 Å². The van der Waals surface area contributed by atoms with Crippen molar-refractivity contribution in [2.45, 2.75) is 11.8 Å². The largest absolute Gasteiger partial charge is 0.465 e. The number of ether oxygens (including phenoxy) is 1. The average molecular weight is 323 g/mol. The van der Waals surface area contributed by atoms with Crippen LogP contribution in [0.4, 0.5) is 0 Å². The predicted molar refractivity (Wildman–Crippen MR) is 95.0 cm³/mol. The number of hydrogen-bond donors (Lipinski definition) is 0. The van der Waals surface area contributed by atoms with Crippen LogP contribution in [-0.4, -0.2) is 24.3 Å². The Balaban J connectivity index is 2.32. The average Bonchev–Trinajstić information content (AvgIpc) is 2.60. The molecule has 0 saturated heterocycles. The molecule has 0 spiro atoms. The molecule has 0 fully saturated rings. The third-order valence-corrected chi connectivity index (χ3v) is 4.68. The minimum absolute atomic E-state index is 0.324. The Hall–Kier alpha value is -2.33. The van der Waals surface area contributed by atoms with Crippen molar-refractivity contribution in [3.05, 3.63) is 59.8 Å². The van der Waals surface area contributed by atoms with Crippen molar-refractivity contribution in [1.29, 1.82) is 0 Å². The third kappa shape index (κ3) is 2.82. The maximum atomic E-state index is 12.1. The molecule has 0 unspecified atom stereocenters. The van der Waals surface area contributed by atoms with E-state index in [0.717, 1.165) is 27.6 Å². The van der Waals surface area contributed by atoms with Crippen molar-refractivity contribution >= 4 is 28.6 Å². The van der Waals surface area contributed by atoms with E-state index < -0.39 is 0 Å². The summed E-state index contributed by atoms with van der Waals surface area (Å²) in [5.41, 5.74) is 4.40. The lowest BCUT2D eigenvalue weighted by Crippen LogP contribution is -2.05. The van der Waals surface area contributed by atoms with E-state index in [2.05, 4.69) is 35.5 Å².